The molecule has 2 rings (SSSR count). The van der Waals surface area contributed by atoms with Crippen LogP contribution in [0.15, 0.2) is 0 Å². The molecule has 1 heterocycles. The quantitative estimate of drug-likeness (QED) is 0.247. The predicted octanol–water partition coefficient (Wildman–Crippen LogP) is -3.52. The molecule has 2 aliphatic rings. The number of ether oxygens (including phenoxy) is 2. The second-order valence-corrected chi connectivity index (χ2v) is 7.02. The fourth-order valence-corrected chi connectivity index (χ4v) is 3.66. The fourth-order valence-electron chi connectivity index (χ4n) is 3.66. The highest BCUT2D eigenvalue weighted by Crippen LogP contribution is 2.31. The van der Waals surface area contributed by atoms with Gasteiger partial charge in [0.25, 0.3) is 0 Å². The maximum atomic E-state index is 11.6. The van der Waals surface area contributed by atoms with Gasteiger partial charge in [0, 0.05) is 6.61 Å². The van der Waals surface area contributed by atoms with Crippen LogP contribution < -0.4 is 5.32 Å². The molecule has 10 nitrogen and oxygen atoms in total. The first-order chi connectivity index (χ1) is 12.3. The number of aliphatic hydroxyl groups is 6. The lowest BCUT2D eigenvalue weighted by Crippen LogP contribution is -2.66. The molecule has 9 atom stereocenters. The van der Waals surface area contributed by atoms with Gasteiger partial charge in [-0.2, -0.15) is 0 Å². The molecule has 0 radical (unpaired) electrons. The summed E-state index contributed by atoms with van der Waals surface area (Å²) in [4.78, 5) is 11.6. The first-order valence-corrected chi connectivity index (χ1v) is 8.79. The molecule has 0 aromatic rings. The SMILES string of the molecule is CC1OC(CO)C(O)C(OC2CC(CO)CC(O)C2O)C1NC(=O)CO. The minimum Gasteiger partial charge on any atom is -0.396 e. The normalized spacial score (nSPS) is 43.9. The van der Waals surface area contributed by atoms with Crippen molar-refractivity contribution < 1.29 is 44.9 Å². The third-order valence-corrected chi connectivity index (χ3v) is 5.12. The molecule has 0 aromatic heterocycles. The van der Waals surface area contributed by atoms with Crippen LogP contribution >= 0.6 is 0 Å². The molecular weight excluding hydrogens is 350 g/mol. The van der Waals surface area contributed by atoms with Gasteiger partial charge < -0.3 is 45.4 Å². The van der Waals surface area contributed by atoms with Gasteiger partial charge in [0.1, 0.15) is 31.0 Å². The largest absolute Gasteiger partial charge is 0.396 e. The zero-order valence-corrected chi connectivity index (χ0v) is 14.6. The van der Waals surface area contributed by atoms with Gasteiger partial charge in [0.05, 0.1) is 31.0 Å². The standard InChI is InChI=1S/C16H29NO9/c1-7-13(17-12(22)6-20)16(15(24)11(5-19)25-7)26-10-3-8(4-18)2-9(21)14(10)23/h7-11,13-16,18-21,23-24H,2-6H2,1H3,(H,17,22). The third kappa shape index (κ3) is 4.70. The number of rotatable bonds is 6. The second-order valence-electron chi connectivity index (χ2n) is 7.02. The van der Waals surface area contributed by atoms with Crippen LogP contribution in [0.4, 0.5) is 0 Å². The maximum absolute atomic E-state index is 11.6. The number of hydrogen-bond acceptors (Lipinski definition) is 9. The number of nitrogens with one attached hydrogen (secondary N) is 1. The number of amides is 1. The average molecular weight is 379 g/mol. The van der Waals surface area contributed by atoms with Crippen molar-refractivity contribution in [1.29, 1.82) is 0 Å². The average Bonchev–Trinajstić information content (AvgIpc) is 2.63. The number of carbonyl (C=O) groups is 1. The molecule has 10 heteroatoms. The van der Waals surface area contributed by atoms with E-state index in [9.17, 15) is 30.3 Å². The summed E-state index contributed by atoms with van der Waals surface area (Å²) in [6, 6.07) is -0.841. The highest BCUT2D eigenvalue weighted by atomic mass is 16.6. The van der Waals surface area contributed by atoms with Crippen molar-refractivity contribution in [3.8, 4) is 0 Å². The van der Waals surface area contributed by atoms with Gasteiger partial charge in [-0.1, -0.05) is 0 Å². The van der Waals surface area contributed by atoms with E-state index in [1.807, 2.05) is 0 Å². The minimum absolute atomic E-state index is 0.180. The van der Waals surface area contributed by atoms with Crippen LogP contribution in [-0.4, -0.2) is 105 Å². The van der Waals surface area contributed by atoms with Gasteiger partial charge in [0.15, 0.2) is 0 Å². The monoisotopic (exact) mass is 379 g/mol. The summed E-state index contributed by atoms with van der Waals surface area (Å²) in [5.41, 5.74) is 0. The Bertz CT molecular complexity index is 465. The smallest absolute Gasteiger partial charge is 0.246 e. The Hall–Kier alpha value is -0.850. The minimum atomic E-state index is -1.31. The van der Waals surface area contributed by atoms with E-state index in [2.05, 4.69) is 5.32 Å². The Morgan fingerprint density at radius 1 is 1.12 bits per heavy atom. The van der Waals surface area contributed by atoms with E-state index in [0.717, 1.165) is 0 Å². The van der Waals surface area contributed by atoms with Gasteiger partial charge in [-0.15, -0.1) is 0 Å². The first kappa shape index (κ1) is 21.5. The Balaban J connectivity index is 2.19. The first-order valence-electron chi connectivity index (χ1n) is 8.79. The molecule has 1 saturated heterocycles. The van der Waals surface area contributed by atoms with Gasteiger partial charge in [-0.05, 0) is 25.7 Å². The van der Waals surface area contributed by atoms with Crippen LogP contribution in [0.5, 0.6) is 0 Å². The Morgan fingerprint density at radius 3 is 2.38 bits per heavy atom. The van der Waals surface area contributed by atoms with E-state index >= 15 is 0 Å². The van der Waals surface area contributed by atoms with Crippen molar-refractivity contribution >= 4 is 5.91 Å². The summed E-state index contributed by atoms with van der Waals surface area (Å²) in [6.07, 6.45) is -6.63. The topological polar surface area (TPSA) is 169 Å². The van der Waals surface area contributed by atoms with Gasteiger partial charge in [-0.3, -0.25) is 4.79 Å². The van der Waals surface area contributed by atoms with E-state index in [-0.39, 0.29) is 25.4 Å². The molecule has 1 saturated carbocycles. The molecule has 0 aromatic carbocycles. The molecule has 0 bridgehead atoms. The Kier molecular flexibility index (Phi) is 7.74. The molecule has 152 valence electrons. The van der Waals surface area contributed by atoms with E-state index < -0.39 is 67.9 Å². The molecule has 2 fully saturated rings. The van der Waals surface area contributed by atoms with Crippen LogP contribution in [0.2, 0.25) is 0 Å². The van der Waals surface area contributed by atoms with Crippen molar-refractivity contribution in [2.75, 3.05) is 19.8 Å². The van der Waals surface area contributed by atoms with E-state index in [1.54, 1.807) is 6.92 Å². The van der Waals surface area contributed by atoms with Crippen LogP contribution in [0, 0.1) is 5.92 Å². The van der Waals surface area contributed by atoms with Crippen LogP contribution in [0.3, 0.4) is 0 Å². The summed E-state index contributed by atoms with van der Waals surface area (Å²) < 4.78 is 11.3. The van der Waals surface area contributed by atoms with Crippen LogP contribution in [0.1, 0.15) is 19.8 Å². The van der Waals surface area contributed by atoms with Gasteiger partial charge in [0.2, 0.25) is 5.91 Å². The summed E-state index contributed by atoms with van der Waals surface area (Å²) in [5, 5.41) is 60.9. The van der Waals surface area contributed by atoms with Crippen LogP contribution in [-0.2, 0) is 14.3 Å². The summed E-state index contributed by atoms with van der Waals surface area (Å²) in [7, 11) is 0. The van der Waals surface area contributed by atoms with Crippen molar-refractivity contribution in [3.05, 3.63) is 0 Å². The predicted molar refractivity (Wildman–Crippen MR) is 86.9 cm³/mol. The van der Waals surface area contributed by atoms with E-state index in [1.165, 1.54) is 0 Å². The third-order valence-electron chi connectivity index (χ3n) is 5.12. The summed E-state index contributed by atoms with van der Waals surface area (Å²) >= 11 is 0. The van der Waals surface area contributed by atoms with Crippen molar-refractivity contribution in [1.82, 2.24) is 5.32 Å². The zero-order chi connectivity index (χ0) is 19.4. The van der Waals surface area contributed by atoms with E-state index in [0.29, 0.717) is 0 Å². The molecule has 1 aliphatic heterocycles. The molecule has 9 unspecified atom stereocenters. The molecule has 1 amide bonds. The summed E-state index contributed by atoms with van der Waals surface area (Å²) in [6.45, 7) is 0.212. The maximum Gasteiger partial charge on any atom is 0.246 e. The van der Waals surface area contributed by atoms with Crippen molar-refractivity contribution in [3.63, 3.8) is 0 Å². The molecule has 26 heavy (non-hydrogen) atoms. The Labute approximate surface area is 151 Å². The van der Waals surface area contributed by atoms with Crippen LogP contribution in [0.25, 0.3) is 0 Å². The van der Waals surface area contributed by atoms with Crippen molar-refractivity contribution in [2.24, 2.45) is 5.92 Å². The molecule has 0 spiro atoms. The Morgan fingerprint density at radius 2 is 1.81 bits per heavy atom. The molecule has 1 aliphatic carbocycles. The number of carbonyl (C=O) groups excluding carboxylic acids is 1. The lowest BCUT2D eigenvalue weighted by atomic mass is 9.83. The lowest BCUT2D eigenvalue weighted by Gasteiger charge is -2.46. The van der Waals surface area contributed by atoms with Gasteiger partial charge in [-0.25, -0.2) is 0 Å². The molecule has 7 N–H and O–H groups in total. The number of aliphatic hydroxyl groups excluding tert-OH is 6. The zero-order valence-electron chi connectivity index (χ0n) is 14.6. The number of hydrogen-bond donors (Lipinski definition) is 7. The van der Waals surface area contributed by atoms with Crippen molar-refractivity contribution in [2.45, 2.75) is 68.5 Å². The highest BCUT2D eigenvalue weighted by Gasteiger charge is 2.47. The lowest BCUT2D eigenvalue weighted by molar-refractivity contribution is -0.236. The van der Waals surface area contributed by atoms with Gasteiger partial charge >= 0.3 is 0 Å². The fraction of sp³-hybridized carbons (Fsp3) is 0.938. The summed E-state index contributed by atoms with van der Waals surface area (Å²) in [5.74, 6) is -0.960. The van der Waals surface area contributed by atoms with E-state index in [4.69, 9.17) is 14.6 Å². The highest BCUT2D eigenvalue weighted by molar-refractivity contribution is 5.77. The molecular formula is C16H29NO9. The second kappa shape index (κ2) is 9.38.